The predicted octanol–water partition coefficient (Wildman–Crippen LogP) is 2.76. The number of nitrogens with zero attached hydrogens (tertiary/aromatic N) is 3. The monoisotopic (exact) mass is 405 g/mol. The molecule has 142 valence electrons. The molecule has 1 aliphatic rings. The molecular weight excluding hydrogens is 389 g/mol. The molecule has 1 fully saturated rings. The van der Waals surface area contributed by atoms with Crippen LogP contribution in [0.15, 0.2) is 36.9 Å². The number of halogens is 2. The van der Waals surface area contributed by atoms with Gasteiger partial charge in [-0.05, 0) is 12.1 Å². The second-order valence-electron chi connectivity index (χ2n) is 5.36. The molecule has 2 atom stereocenters. The van der Waals surface area contributed by atoms with E-state index in [4.69, 9.17) is 52.7 Å². The molecular formula is C15H17Cl2N3O6. The van der Waals surface area contributed by atoms with Crippen LogP contribution in [0.4, 0.5) is 0 Å². The van der Waals surface area contributed by atoms with Crippen molar-refractivity contribution in [3.05, 3.63) is 62.6 Å². The summed E-state index contributed by atoms with van der Waals surface area (Å²) < 4.78 is 19.2. The summed E-state index contributed by atoms with van der Waals surface area (Å²) in [6, 6.07) is 5.29. The Hall–Kier alpha value is -1.91. The van der Waals surface area contributed by atoms with E-state index in [0.717, 1.165) is 5.56 Å². The standard InChI is InChI=1S/C15H16Cl2N2O3.HNO3/c1-20-7-12-8-21-15(22-12,9-19-5-4-18-10-19)13-3-2-11(16)6-14(13)17;2-1(3)4/h2-6,10,12H,7-9H2,1H3;(H,2,3,4)/t12-,15-;/m1./s1. The highest BCUT2D eigenvalue weighted by atomic mass is 35.5. The van der Waals surface area contributed by atoms with Crippen molar-refractivity contribution in [1.29, 1.82) is 0 Å². The van der Waals surface area contributed by atoms with E-state index in [1.807, 2.05) is 16.8 Å². The fourth-order valence-electron chi connectivity index (χ4n) is 2.56. The van der Waals surface area contributed by atoms with Gasteiger partial charge in [-0.3, -0.25) is 0 Å². The van der Waals surface area contributed by atoms with E-state index >= 15 is 0 Å². The molecule has 1 aromatic carbocycles. The molecule has 0 saturated carbocycles. The smallest absolute Gasteiger partial charge is 0.291 e. The van der Waals surface area contributed by atoms with Gasteiger partial charge in [-0.2, -0.15) is 0 Å². The summed E-state index contributed by atoms with van der Waals surface area (Å²) >= 11 is 12.4. The van der Waals surface area contributed by atoms with Crippen LogP contribution in [0.25, 0.3) is 0 Å². The zero-order valence-corrected chi connectivity index (χ0v) is 15.3. The third-order valence-electron chi connectivity index (χ3n) is 3.50. The molecule has 3 rings (SSSR count). The number of methoxy groups -OCH3 is 1. The number of hydrogen-bond donors (Lipinski definition) is 1. The predicted molar refractivity (Wildman–Crippen MR) is 91.8 cm³/mol. The molecule has 11 heteroatoms. The molecule has 2 aromatic rings. The highest BCUT2D eigenvalue weighted by molar-refractivity contribution is 6.35. The molecule has 2 heterocycles. The normalized spacial score (nSPS) is 21.9. The Kier molecular flexibility index (Phi) is 7.18. The minimum absolute atomic E-state index is 0.153. The largest absolute Gasteiger partial charge is 0.382 e. The first-order chi connectivity index (χ1) is 12.4. The van der Waals surface area contributed by atoms with E-state index in [0.29, 0.717) is 29.8 Å². The minimum Gasteiger partial charge on any atom is -0.382 e. The molecule has 0 aliphatic carbocycles. The summed E-state index contributed by atoms with van der Waals surface area (Å²) in [5, 5.41) is 14.7. The number of rotatable bonds is 5. The lowest BCUT2D eigenvalue weighted by atomic mass is 10.1. The molecule has 9 nitrogen and oxygen atoms in total. The minimum atomic E-state index is -1.50. The van der Waals surface area contributed by atoms with E-state index in [-0.39, 0.29) is 6.10 Å². The van der Waals surface area contributed by atoms with Crippen molar-refractivity contribution in [3.8, 4) is 0 Å². The van der Waals surface area contributed by atoms with Crippen LogP contribution in [0.1, 0.15) is 5.56 Å². The first-order valence-corrected chi connectivity index (χ1v) is 8.17. The molecule has 0 amide bonds. The number of ether oxygens (including phenoxy) is 3. The van der Waals surface area contributed by atoms with Crippen LogP contribution in [0.3, 0.4) is 0 Å². The first kappa shape index (κ1) is 20.4. The number of benzene rings is 1. The molecule has 1 N–H and O–H groups in total. The second-order valence-corrected chi connectivity index (χ2v) is 6.20. The summed E-state index contributed by atoms with van der Waals surface area (Å²) in [6.45, 7) is 1.33. The fourth-order valence-corrected chi connectivity index (χ4v) is 3.11. The summed E-state index contributed by atoms with van der Waals surface area (Å²) in [4.78, 5) is 12.4. The van der Waals surface area contributed by atoms with E-state index < -0.39 is 10.9 Å². The van der Waals surface area contributed by atoms with Crippen molar-refractivity contribution in [1.82, 2.24) is 9.55 Å². The third kappa shape index (κ3) is 5.29. The lowest BCUT2D eigenvalue weighted by Gasteiger charge is -2.29. The fraction of sp³-hybridized carbons (Fsp3) is 0.400. The Balaban J connectivity index is 0.000000552. The van der Waals surface area contributed by atoms with Crippen molar-refractivity contribution in [3.63, 3.8) is 0 Å². The van der Waals surface area contributed by atoms with Crippen LogP contribution in [0, 0.1) is 10.1 Å². The van der Waals surface area contributed by atoms with E-state index in [9.17, 15) is 0 Å². The van der Waals surface area contributed by atoms with Gasteiger partial charge in [-0.15, -0.1) is 10.1 Å². The topological polar surface area (TPSA) is 109 Å². The van der Waals surface area contributed by atoms with Gasteiger partial charge in [0.25, 0.3) is 5.09 Å². The maximum absolute atomic E-state index is 8.36. The summed E-state index contributed by atoms with van der Waals surface area (Å²) in [5.74, 6) is -0.981. The van der Waals surface area contributed by atoms with Crippen molar-refractivity contribution < 1.29 is 24.5 Å². The molecule has 0 spiro atoms. The quantitative estimate of drug-likeness (QED) is 0.601. The van der Waals surface area contributed by atoms with Crippen molar-refractivity contribution in [2.75, 3.05) is 20.3 Å². The van der Waals surface area contributed by atoms with Gasteiger partial charge in [0.2, 0.25) is 5.79 Å². The van der Waals surface area contributed by atoms with Gasteiger partial charge in [0, 0.05) is 30.1 Å². The Bertz CT molecular complexity index is 726. The van der Waals surface area contributed by atoms with E-state index in [2.05, 4.69) is 4.98 Å². The van der Waals surface area contributed by atoms with Crippen molar-refractivity contribution in [2.45, 2.75) is 18.4 Å². The maximum Gasteiger partial charge on any atom is 0.291 e. The van der Waals surface area contributed by atoms with E-state index in [1.54, 1.807) is 31.8 Å². The van der Waals surface area contributed by atoms with Crippen LogP contribution >= 0.6 is 23.2 Å². The van der Waals surface area contributed by atoms with Crippen LogP contribution in [-0.4, -0.2) is 46.3 Å². The number of aromatic nitrogens is 2. The lowest BCUT2D eigenvalue weighted by Crippen LogP contribution is -2.34. The Morgan fingerprint density at radius 3 is 2.85 bits per heavy atom. The van der Waals surface area contributed by atoms with Gasteiger partial charge in [0.1, 0.15) is 6.10 Å². The van der Waals surface area contributed by atoms with Crippen LogP contribution in [0.5, 0.6) is 0 Å². The van der Waals surface area contributed by atoms with Gasteiger partial charge in [-0.25, -0.2) is 4.98 Å². The molecule has 1 saturated heterocycles. The highest BCUT2D eigenvalue weighted by Gasteiger charge is 2.45. The zero-order chi connectivity index (χ0) is 19.2. The lowest BCUT2D eigenvalue weighted by molar-refractivity contribution is -0.742. The second kappa shape index (κ2) is 9.15. The molecule has 0 unspecified atom stereocenters. The maximum atomic E-state index is 8.36. The molecule has 26 heavy (non-hydrogen) atoms. The number of hydrogen-bond acceptors (Lipinski definition) is 6. The summed E-state index contributed by atoms with van der Waals surface area (Å²) in [5.41, 5.74) is 0.742. The molecule has 1 aromatic heterocycles. The average Bonchev–Trinajstić information content (AvgIpc) is 3.18. The Labute approximate surface area is 159 Å². The Morgan fingerprint density at radius 1 is 1.54 bits per heavy atom. The van der Waals surface area contributed by atoms with Crippen LogP contribution in [0.2, 0.25) is 10.0 Å². The number of imidazole rings is 1. The van der Waals surface area contributed by atoms with Crippen molar-refractivity contribution in [2.24, 2.45) is 0 Å². The summed E-state index contributed by atoms with van der Waals surface area (Å²) in [6.07, 6.45) is 5.11. The van der Waals surface area contributed by atoms with Gasteiger partial charge in [-0.1, -0.05) is 29.3 Å². The SMILES string of the molecule is COC[C@@H]1CO[C@@](Cn2ccnc2)(c2ccc(Cl)cc2Cl)O1.O=[N+]([O-])O. The van der Waals surface area contributed by atoms with Crippen LogP contribution < -0.4 is 0 Å². The first-order valence-electron chi connectivity index (χ1n) is 7.41. The average molecular weight is 406 g/mol. The third-order valence-corrected chi connectivity index (χ3v) is 4.05. The van der Waals surface area contributed by atoms with Gasteiger partial charge in [0.05, 0.1) is 31.1 Å². The van der Waals surface area contributed by atoms with Crippen LogP contribution in [-0.2, 0) is 26.5 Å². The molecule has 0 bridgehead atoms. The Morgan fingerprint density at radius 2 is 2.27 bits per heavy atom. The highest BCUT2D eigenvalue weighted by Crippen LogP contribution is 2.40. The molecule has 1 aliphatic heterocycles. The van der Waals surface area contributed by atoms with Gasteiger partial charge >= 0.3 is 0 Å². The summed E-state index contributed by atoms with van der Waals surface area (Å²) in [7, 11) is 1.63. The molecule has 0 radical (unpaired) electrons. The van der Waals surface area contributed by atoms with Crippen molar-refractivity contribution >= 4 is 23.2 Å². The van der Waals surface area contributed by atoms with E-state index in [1.165, 1.54) is 0 Å². The van der Waals surface area contributed by atoms with Gasteiger partial charge < -0.3 is 24.0 Å². The zero-order valence-electron chi connectivity index (χ0n) is 13.7. The van der Waals surface area contributed by atoms with Gasteiger partial charge in [0.15, 0.2) is 0 Å².